The summed E-state index contributed by atoms with van der Waals surface area (Å²) in [5, 5.41) is 13.6. The highest BCUT2D eigenvalue weighted by Crippen LogP contribution is 2.25. The summed E-state index contributed by atoms with van der Waals surface area (Å²) in [7, 11) is 2.55. The zero-order chi connectivity index (χ0) is 21.6. The zero-order valence-corrected chi connectivity index (χ0v) is 15.9. The van der Waals surface area contributed by atoms with Gasteiger partial charge in [-0.15, -0.1) is 0 Å². The van der Waals surface area contributed by atoms with E-state index in [-0.39, 0.29) is 11.1 Å². The summed E-state index contributed by atoms with van der Waals surface area (Å²) >= 11 is 0. The van der Waals surface area contributed by atoms with Gasteiger partial charge in [0.1, 0.15) is 5.75 Å². The molecule has 10 heteroatoms. The van der Waals surface area contributed by atoms with Gasteiger partial charge in [-0.05, 0) is 30.7 Å². The summed E-state index contributed by atoms with van der Waals surface area (Å²) in [5.74, 6) is -2.07. The molecule has 0 saturated carbocycles. The molecule has 0 aromatic heterocycles. The quantitative estimate of drug-likeness (QED) is 0.424. The number of nitrogens with zero attached hydrogens (tertiary/aromatic N) is 1. The van der Waals surface area contributed by atoms with Gasteiger partial charge in [0.05, 0.1) is 36.0 Å². The third-order valence-corrected chi connectivity index (χ3v) is 3.75. The molecule has 0 spiro atoms. The van der Waals surface area contributed by atoms with E-state index < -0.39 is 35.1 Å². The van der Waals surface area contributed by atoms with E-state index in [4.69, 9.17) is 9.47 Å². The molecule has 0 aliphatic rings. The van der Waals surface area contributed by atoms with E-state index in [1.165, 1.54) is 7.11 Å². The fourth-order valence-electron chi connectivity index (χ4n) is 2.39. The monoisotopic (exact) mass is 402 g/mol. The molecule has 0 aliphatic carbocycles. The van der Waals surface area contributed by atoms with Crippen LogP contribution in [0.5, 0.6) is 5.75 Å². The number of esters is 2. The number of nitrogens with one attached hydrogen (secondary N) is 1. The van der Waals surface area contributed by atoms with E-state index in [0.29, 0.717) is 11.4 Å². The molecule has 10 nitrogen and oxygen atoms in total. The SMILES string of the molecule is COC(=O)c1cc(C(=O)OCC(=O)Nc2cc(C)ccc2OC)cc([N+](=O)[O-])c1. The van der Waals surface area contributed by atoms with Gasteiger partial charge in [-0.2, -0.15) is 0 Å². The summed E-state index contributed by atoms with van der Waals surface area (Å²) in [6.07, 6.45) is 0. The Labute approximate surface area is 165 Å². The Morgan fingerprint density at radius 1 is 1.03 bits per heavy atom. The summed E-state index contributed by atoms with van der Waals surface area (Å²) in [5.41, 5.74) is 0.332. The van der Waals surface area contributed by atoms with Gasteiger partial charge < -0.3 is 19.5 Å². The number of methoxy groups -OCH3 is 2. The second kappa shape index (κ2) is 9.31. The largest absolute Gasteiger partial charge is 0.495 e. The first-order valence-electron chi connectivity index (χ1n) is 8.24. The molecule has 0 fully saturated rings. The Morgan fingerprint density at radius 3 is 2.28 bits per heavy atom. The average molecular weight is 402 g/mol. The highest BCUT2D eigenvalue weighted by atomic mass is 16.6. The van der Waals surface area contributed by atoms with Crippen molar-refractivity contribution in [2.75, 3.05) is 26.1 Å². The smallest absolute Gasteiger partial charge is 0.338 e. The van der Waals surface area contributed by atoms with Crippen molar-refractivity contribution in [3.05, 3.63) is 63.2 Å². The lowest BCUT2D eigenvalue weighted by molar-refractivity contribution is -0.384. The zero-order valence-electron chi connectivity index (χ0n) is 15.9. The molecule has 0 bridgehead atoms. The molecule has 29 heavy (non-hydrogen) atoms. The van der Waals surface area contributed by atoms with Crippen molar-refractivity contribution in [2.45, 2.75) is 6.92 Å². The van der Waals surface area contributed by atoms with Gasteiger partial charge in [-0.3, -0.25) is 14.9 Å². The van der Waals surface area contributed by atoms with Gasteiger partial charge in [-0.25, -0.2) is 9.59 Å². The number of benzene rings is 2. The molecule has 1 amide bonds. The van der Waals surface area contributed by atoms with Crippen molar-refractivity contribution in [3.8, 4) is 5.75 Å². The van der Waals surface area contributed by atoms with Crippen LogP contribution < -0.4 is 10.1 Å². The number of non-ortho nitro benzene ring substituents is 1. The predicted molar refractivity (Wildman–Crippen MR) is 101 cm³/mol. The van der Waals surface area contributed by atoms with E-state index in [1.54, 1.807) is 18.2 Å². The van der Waals surface area contributed by atoms with Crippen LogP contribution in [0.4, 0.5) is 11.4 Å². The number of anilines is 1. The van der Waals surface area contributed by atoms with Crippen LogP contribution in [-0.4, -0.2) is 43.6 Å². The molecule has 2 rings (SSSR count). The molecule has 0 unspecified atom stereocenters. The molecule has 0 aliphatic heterocycles. The third-order valence-electron chi connectivity index (χ3n) is 3.75. The van der Waals surface area contributed by atoms with Gasteiger partial charge in [-0.1, -0.05) is 6.07 Å². The normalized spacial score (nSPS) is 10.0. The van der Waals surface area contributed by atoms with E-state index >= 15 is 0 Å². The standard InChI is InChI=1S/C19H18N2O8/c1-11-4-5-16(27-2)15(6-11)20-17(22)10-29-19(24)13-7-12(18(23)28-3)8-14(9-13)21(25)26/h4-9H,10H2,1-3H3,(H,20,22). The lowest BCUT2D eigenvalue weighted by Gasteiger charge is -2.11. The van der Waals surface area contributed by atoms with Gasteiger partial charge in [0, 0.05) is 12.1 Å². The molecular formula is C19H18N2O8. The lowest BCUT2D eigenvalue weighted by atomic mass is 10.1. The maximum atomic E-state index is 12.2. The Morgan fingerprint density at radius 2 is 1.69 bits per heavy atom. The van der Waals surface area contributed by atoms with Gasteiger partial charge >= 0.3 is 11.9 Å². The van der Waals surface area contributed by atoms with Crippen molar-refractivity contribution in [3.63, 3.8) is 0 Å². The first-order chi connectivity index (χ1) is 13.7. The van der Waals surface area contributed by atoms with Crippen molar-refractivity contribution in [1.82, 2.24) is 0 Å². The van der Waals surface area contributed by atoms with Crippen LogP contribution in [0.1, 0.15) is 26.3 Å². The number of nitro benzene ring substituents is 1. The van der Waals surface area contributed by atoms with Crippen LogP contribution in [0.2, 0.25) is 0 Å². The highest BCUT2D eigenvalue weighted by molar-refractivity contribution is 5.98. The van der Waals surface area contributed by atoms with E-state index in [0.717, 1.165) is 30.9 Å². The molecule has 1 N–H and O–H groups in total. The molecular weight excluding hydrogens is 384 g/mol. The number of hydrogen-bond donors (Lipinski definition) is 1. The first kappa shape index (κ1) is 21.4. The highest BCUT2D eigenvalue weighted by Gasteiger charge is 2.20. The maximum Gasteiger partial charge on any atom is 0.338 e. The minimum absolute atomic E-state index is 0.192. The van der Waals surface area contributed by atoms with Crippen LogP contribution in [-0.2, 0) is 14.3 Å². The fourth-order valence-corrected chi connectivity index (χ4v) is 2.39. The molecule has 152 valence electrons. The van der Waals surface area contributed by atoms with Crippen LogP contribution in [0.3, 0.4) is 0 Å². The first-order valence-corrected chi connectivity index (χ1v) is 8.24. The number of carbonyl (C=O) groups excluding carboxylic acids is 3. The van der Waals surface area contributed by atoms with Crippen LogP contribution in [0.15, 0.2) is 36.4 Å². The number of nitro groups is 1. The number of hydrogen-bond acceptors (Lipinski definition) is 8. The van der Waals surface area contributed by atoms with Crippen molar-refractivity contribution >= 4 is 29.2 Å². The predicted octanol–water partition coefficient (Wildman–Crippen LogP) is 2.49. The molecule has 0 radical (unpaired) electrons. The summed E-state index contributed by atoms with van der Waals surface area (Å²) in [4.78, 5) is 46.2. The van der Waals surface area contributed by atoms with Crippen molar-refractivity contribution < 1.29 is 33.5 Å². The van der Waals surface area contributed by atoms with E-state index in [9.17, 15) is 24.5 Å². The molecule has 2 aromatic carbocycles. The Balaban J connectivity index is 2.11. The third kappa shape index (κ3) is 5.51. The second-order valence-electron chi connectivity index (χ2n) is 5.85. The minimum atomic E-state index is -1.01. The van der Waals surface area contributed by atoms with Crippen LogP contribution >= 0.6 is 0 Å². The maximum absolute atomic E-state index is 12.2. The topological polar surface area (TPSA) is 134 Å². The molecule has 0 saturated heterocycles. The molecule has 2 aromatic rings. The van der Waals surface area contributed by atoms with Crippen LogP contribution in [0.25, 0.3) is 0 Å². The minimum Gasteiger partial charge on any atom is -0.495 e. The van der Waals surface area contributed by atoms with E-state index in [1.807, 2.05) is 6.92 Å². The molecule has 0 heterocycles. The van der Waals surface area contributed by atoms with E-state index in [2.05, 4.69) is 10.1 Å². The van der Waals surface area contributed by atoms with Crippen molar-refractivity contribution in [1.29, 1.82) is 0 Å². The van der Waals surface area contributed by atoms with Gasteiger partial charge in [0.15, 0.2) is 6.61 Å². The Hall–Kier alpha value is -3.95. The molecule has 0 atom stereocenters. The number of ether oxygens (including phenoxy) is 3. The van der Waals surface area contributed by atoms with Gasteiger partial charge in [0.25, 0.3) is 11.6 Å². The number of rotatable bonds is 7. The Kier molecular flexibility index (Phi) is 6.85. The van der Waals surface area contributed by atoms with Crippen molar-refractivity contribution in [2.24, 2.45) is 0 Å². The Bertz CT molecular complexity index is 971. The van der Waals surface area contributed by atoms with Gasteiger partial charge in [0.2, 0.25) is 0 Å². The summed E-state index contributed by atoms with van der Waals surface area (Å²) < 4.78 is 14.6. The summed E-state index contributed by atoms with van der Waals surface area (Å²) in [6, 6.07) is 8.16. The number of amides is 1. The number of carbonyl (C=O) groups is 3. The summed E-state index contributed by atoms with van der Waals surface area (Å²) in [6.45, 7) is 1.18. The lowest BCUT2D eigenvalue weighted by Crippen LogP contribution is -2.21. The fraction of sp³-hybridized carbons (Fsp3) is 0.211. The van der Waals surface area contributed by atoms with Crippen LogP contribution in [0, 0.1) is 17.0 Å². The number of aryl methyl sites for hydroxylation is 1. The second-order valence-corrected chi connectivity index (χ2v) is 5.85. The average Bonchev–Trinajstić information content (AvgIpc) is 2.71.